The summed E-state index contributed by atoms with van der Waals surface area (Å²) in [6.45, 7) is 2.03. The molecule has 1 atom stereocenters. The van der Waals surface area contributed by atoms with Crippen LogP contribution in [0.5, 0.6) is 5.75 Å². The van der Waals surface area contributed by atoms with E-state index in [4.69, 9.17) is 10.5 Å². The van der Waals surface area contributed by atoms with Crippen LogP contribution in [0.1, 0.15) is 21.5 Å². The molecule has 0 aliphatic heterocycles. The summed E-state index contributed by atoms with van der Waals surface area (Å²) in [7, 11) is 1.64. The quantitative estimate of drug-likeness (QED) is 0.946. The van der Waals surface area contributed by atoms with E-state index in [1.165, 1.54) is 4.88 Å². The number of nitrogens with zero attached hydrogens (tertiary/aromatic N) is 1. The Kier molecular flexibility index (Phi) is 3.81. The van der Waals surface area contributed by atoms with Crippen molar-refractivity contribution in [1.29, 1.82) is 0 Å². The fourth-order valence-electron chi connectivity index (χ4n) is 1.53. The number of hydrogen-bond acceptors (Lipinski definition) is 4. The Labute approximate surface area is 113 Å². The van der Waals surface area contributed by atoms with E-state index < -0.39 is 0 Å². The van der Waals surface area contributed by atoms with Crippen LogP contribution in [0, 0.1) is 6.92 Å². The van der Waals surface area contributed by atoms with Crippen LogP contribution in [-0.2, 0) is 0 Å². The van der Waals surface area contributed by atoms with E-state index in [0.717, 1.165) is 20.8 Å². The molecule has 0 amide bonds. The van der Waals surface area contributed by atoms with Gasteiger partial charge in [-0.05, 0) is 40.5 Å². The van der Waals surface area contributed by atoms with Gasteiger partial charge in [-0.2, -0.15) is 0 Å². The van der Waals surface area contributed by atoms with Gasteiger partial charge < -0.3 is 10.5 Å². The van der Waals surface area contributed by atoms with E-state index in [1.54, 1.807) is 18.4 Å². The first-order valence-electron chi connectivity index (χ1n) is 5.13. The van der Waals surface area contributed by atoms with Gasteiger partial charge in [-0.15, -0.1) is 11.3 Å². The van der Waals surface area contributed by atoms with Crippen molar-refractivity contribution >= 4 is 27.3 Å². The minimum Gasteiger partial charge on any atom is -0.496 e. The number of aryl methyl sites for hydroxylation is 1. The minimum atomic E-state index is -0.184. The maximum Gasteiger partial charge on any atom is 0.133 e. The highest BCUT2D eigenvalue weighted by Gasteiger charge is 2.14. The Bertz CT molecular complexity index is 527. The van der Waals surface area contributed by atoms with E-state index in [-0.39, 0.29) is 6.04 Å². The third-order valence-electron chi connectivity index (χ3n) is 2.44. The van der Waals surface area contributed by atoms with Gasteiger partial charge in [-0.1, -0.05) is 6.07 Å². The van der Waals surface area contributed by atoms with Crippen LogP contribution < -0.4 is 10.5 Å². The molecule has 0 aliphatic carbocycles. The van der Waals surface area contributed by atoms with Gasteiger partial charge in [0, 0.05) is 11.1 Å². The lowest BCUT2D eigenvalue weighted by atomic mass is 10.1. The van der Waals surface area contributed by atoms with Gasteiger partial charge in [0.15, 0.2) is 0 Å². The number of hydrogen-bond donors (Lipinski definition) is 1. The van der Waals surface area contributed by atoms with E-state index in [1.807, 2.05) is 31.3 Å². The molecule has 17 heavy (non-hydrogen) atoms. The molecule has 1 aromatic heterocycles. The molecule has 0 saturated heterocycles. The average Bonchev–Trinajstić information content (AvgIpc) is 2.75. The summed E-state index contributed by atoms with van der Waals surface area (Å²) >= 11 is 5.08. The van der Waals surface area contributed by atoms with Crippen molar-refractivity contribution in [3.05, 3.63) is 44.3 Å². The van der Waals surface area contributed by atoms with Crippen LogP contribution in [0.3, 0.4) is 0 Å². The van der Waals surface area contributed by atoms with Crippen molar-refractivity contribution in [2.24, 2.45) is 5.73 Å². The zero-order chi connectivity index (χ0) is 12.4. The molecule has 2 N–H and O–H groups in total. The van der Waals surface area contributed by atoms with E-state index in [0.29, 0.717) is 0 Å². The molecule has 2 aromatic rings. The lowest BCUT2D eigenvalue weighted by molar-refractivity contribution is 0.412. The van der Waals surface area contributed by atoms with Crippen molar-refractivity contribution in [2.75, 3.05) is 7.11 Å². The lowest BCUT2D eigenvalue weighted by Gasteiger charge is -2.11. The molecule has 1 aromatic carbocycles. The predicted octanol–water partition coefficient (Wildman–Crippen LogP) is 3.27. The molecule has 1 unspecified atom stereocenters. The number of nitrogens with two attached hydrogens (primary N) is 1. The second kappa shape index (κ2) is 5.16. The van der Waals surface area contributed by atoms with E-state index in [9.17, 15) is 0 Å². The Morgan fingerprint density at radius 2 is 2.24 bits per heavy atom. The average molecular weight is 313 g/mol. The van der Waals surface area contributed by atoms with Crippen molar-refractivity contribution < 1.29 is 4.74 Å². The molecule has 5 heteroatoms. The molecule has 0 radical (unpaired) electrons. The Balaban J connectivity index is 2.31. The van der Waals surface area contributed by atoms with Crippen LogP contribution in [0.2, 0.25) is 0 Å². The molecule has 1 heterocycles. The molecule has 3 nitrogen and oxygen atoms in total. The third-order valence-corrected chi connectivity index (χ3v) is 4.06. The van der Waals surface area contributed by atoms with Gasteiger partial charge in [-0.3, -0.25) is 0 Å². The summed E-state index contributed by atoms with van der Waals surface area (Å²) in [6.07, 6.45) is 1.85. The first-order valence-corrected chi connectivity index (χ1v) is 6.74. The summed E-state index contributed by atoms with van der Waals surface area (Å²) in [4.78, 5) is 5.48. The van der Waals surface area contributed by atoms with Crippen LogP contribution in [0.15, 0.2) is 28.9 Å². The van der Waals surface area contributed by atoms with Crippen molar-refractivity contribution in [1.82, 2.24) is 4.98 Å². The fourth-order valence-corrected chi connectivity index (χ4v) is 2.90. The lowest BCUT2D eigenvalue weighted by Crippen LogP contribution is -2.11. The van der Waals surface area contributed by atoms with Gasteiger partial charge in [0.1, 0.15) is 10.8 Å². The number of halogens is 1. The maximum absolute atomic E-state index is 6.18. The molecular weight excluding hydrogens is 300 g/mol. The van der Waals surface area contributed by atoms with E-state index >= 15 is 0 Å². The second-order valence-corrected chi connectivity index (χ2v) is 5.80. The summed E-state index contributed by atoms with van der Waals surface area (Å²) in [5, 5.41) is 0.930. The maximum atomic E-state index is 6.18. The highest BCUT2D eigenvalue weighted by atomic mass is 79.9. The monoisotopic (exact) mass is 312 g/mol. The molecule has 0 aliphatic rings. The molecule has 0 spiro atoms. The van der Waals surface area contributed by atoms with E-state index in [2.05, 4.69) is 20.9 Å². The fraction of sp³-hybridized carbons (Fsp3) is 0.250. The van der Waals surface area contributed by atoms with Crippen LogP contribution >= 0.6 is 27.3 Å². The second-order valence-electron chi connectivity index (χ2n) is 3.68. The zero-order valence-corrected chi connectivity index (χ0v) is 12.0. The van der Waals surface area contributed by atoms with Gasteiger partial charge in [0.05, 0.1) is 17.6 Å². The smallest absolute Gasteiger partial charge is 0.133 e. The standard InChI is InChI=1S/C12H13BrN2OS/c1-7-6-15-12(17-7)11(14)8-3-4-10(16-2)9(13)5-8/h3-6,11H,14H2,1-2H3. The number of benzene rings is 1. The molecule has 0 fully saturated rings. The first kappa shape index (κ1) is 12.5. The van der Waals surface area contributed by atoms with Crippen molar-refractivity contribution in [3.63, 3.8) is 0 Å². The van der Waals surface area contributed by atoms with Crippen LogP contribution in [0.25, 0.3) is 0 Å². The van der Waals surface area contributed by atoms with Crippen LogP contribution in [0.4, 0.5) is 0 Å². The SMILES string of the molecule is COc1ccc(C(N)c2ncc(C)s2)cc1Br. The number of ether oxygens (including phenoxy) is 1. The molecule has 90 valence electrons. The van der Waals surface area contributed by atoms with Crippen molar-refractivity contribution in [2.45, 2.75) is 13.0 Å². The third kappa shape index (κ3) is 2.68. The summed E-state index contributed by atoms with van der Waals surface area (Å²) < 4.78 is 6.09. The number of aromatic nitrogens is 1. The Hall–Kier alpha value is -0.910. The van der Waals surface area contributed by atoms with Crippen LogP contribution in [-0.4, -0.2) is 12.1 Å². The van der Waals surface area contributed by atoms with Gasteiger partial charge in [0.25, 0.3) is 0 Å². The molecule has 2 rings (SSSR count). The topological polar surface area (TPSA) is 48.1 Å². The minimum absolute atomic E-state index is 0.184. The normalized spacial score (nSPS) is 12.5. The van der Waals surface area contributed by atoms with Gasteiger partial charge >= 0.3 is 0 Å². The summed E-state index contributed by atoms with van der Waals surface area (Å²) in [6, 6.07) is 5.65. The number of methoxy groups -OCH3 is 1. The largest absolute Gasteiger partial charge is 0.496 e. The zero-order valence-electron chi connectivity index (χ0n) is 9.61. The molecular formula is C12H13BrN2OS. The van der Waals surface area contributed by atoms with Gasteiger partial charge in [-0.25, -0.2) is 4.98 Å². The summed E-state index contributed by atoms with van der Waals surface area (Å²) in [5.74, 6) is 0.802. The number of rotatable bonds is 3. The Morgan fingerprint density at radius 3 is 2.76 bits per heavy atom. The van der Waals surface area contributed by atoms with Crippen molar-refractivity contribution in [3.8, 4) is 5.75 Å². The first-order chi connectivity index (χ1) is 8.11. The summed E-state index contributed by atoms with van der Waals surface area (Å²) in [5.41, 5.74) is 7.20. The highest BCUT2D eigenvalue weighted by Crippen LogP contribution is 2.30. The Morgan fingerprint density at radius 1 is 1.47 bits per heavy atom. The predicted molar refractivity (Wildman–Crippen MR) is 73.6 cm³/mol. The van der Waals surface area contributed by atoms with Gasteiger partial charge in [0.2, 0.25) is 0 Å². The number of thiazole rings is 1. The molecule has 0 saturated carbocycles. The molecule has 0 bridgehead atoms. The highest BCUT2D eigenvalue weighted by molar-refractivity contribution is 9.10.